The highest BCUT2D eigenvalue weighted by Crippen LogP contribution is 2.14. The molecule has 7 heteroatoms. The molecule has 0 saturated carbocycles. The number of benzene rings is 1. The minimum Gasteiger partial charge on any atom is -0.487 e. The highest BCUT2D eigenvalue weighted by molar-refractivity contribution is 5.92. The van der Waals surface area contributed by atoms with Crippen LogP contribution < -0.4 is 10.1 Å². The smallest absolute Gasteiger partial charge is 0.271 e. The molecule has 1 atom stereocenters. The zero-order valence-corrected chi connectivity index (χ0v) is 12.5. The molecular formula is C16H18FN3O3. The Labute approximate surface area is 133 Å². The van der Waals surface area contributed by atoms with E-state index in [0.717, 1.165) is 19.4 Å². The molecule has 0 bridgehead atoms. The zero-order valence-electron chi connectivity index (χ0n) is 12.5. The van der Waals surface area contributed by atoms with Crippen LogP contribution in [-0.4, -0.2) is 35.4 Å². The molecule has 2 heterocycles. The van der Waals surface area contributed by atoms with Gasteiger partial charge in [0, 0.05) is 19.2 Å². The van der Waals surface area contributed by atoms with E-state index in [1.54, 1.807) is 18.2 Å². The summed E-state index contributed by atoms with van der Waals surface area (Å²) in [4.78, 5) is 12.0. The summed E-state index contributed by atoms with van der Waals surface area (Å²) in [7, 11) is 0. The molecule has 1 aliphatic rings. The molecule has 2 N–H and O–H groups in total. The van der Waals surface area contributed by atoms with Crippen molar-refractivity contribution in [3.8, 4) is 5.75 Å². The molecule has 1 aromatic carbocycles. The number of aromatic nitrogens is 2. The summed E-state index contributed by atoms with van der Waals surface area (Å²) in [6, 6.07) is 7.49. The Balaban J connectivity index is 1.49. The second-order valence-electron chi connectivity index (χ2n) is 5.37. The molecule has 1 aliphatic heterocycles. The third-order valence-electron chi connectivity index (χ3n) is 3.57. The molecule has 1 unspecified atom stereocenters. The van der Waals surface area contributed by atoms with E-state index in [-0.39, 0.29) is 24.4 Å². The number of aromatic amines is 1. The van der Waals surface area contributed by atoms with Crippen LogP contribution in [0.4, 0.5) is 4.39 Å². The highest BCUT2D eigenvalue weighted by atomic mass is 19.1. The molecule has 3 rings (SSSR count). The van der Waals surface area contributed by atoms with E-state index in [4.69, 9.17) is 9.47 Å². The van der Waals surface area contributed by atoms with E-state index < -0.39 is 0 Å². The Morgan fingerprint density at radius 1 is 1.48 bits per heavy atom. The lowest BCUT2D eigenvalue weighted by Gasteiger charge is -2.09. The number of hydrogen-bond acceptors (Lipinski definition) is 4. The molecule has 23 heavy (non-hydrogen) atoms. The molecule has 1 amide bonds. The molecule has 0 spiro atoms. The molecule has 0 aliphatic carbocycles. The largest absolute Gasteiger partial charge is 0.487 e. The highest BCUT2D eigenvalue weighted by Gasteiger charge is 2.17. The van der Waals surface area contributed by atoms with Gasteiger partial charge in [-0.1, -0.05) is 6.07 Å². The van der Waals surface area contributed by atoms with Crippen LogP contribution in [0.2, 0.25) is 0 Å². The van der Waals surface area contributed by atoms with E-state index in [9.17, 15) is 9.18 Å². The number of halogens is 1. The average molecular weight is 319 g/mol. The maximum atomic E-state index is 13.1. The Hall–Kier alpha value is -2.41. The van der Waals surface area contributed by atoms with Gasteiger partial charge in [-0.15, -0.1) is 0 Å². The lowest BCUT2D eigenvalue weighted by Crippen LogP contribution is -2.31. The summed E-state index contributed by atoms with van der Waals surface area (Å²) in [5, 5.41) is 9.50. The van der Waals surface area contributed by atoms with Gasteiger partial charge in [0.25, 0.3) is 5.91 Å². The summed E-state index contributed by atoms with van der Waals surface area (Å²) >= 11 is 0. The van der Waals surface area contributed by atoms with Crippen molar-refractivity contribution in [2.75, 3.05) is 13.2 Å². The van der Waals surface area contributed by atoms with E-state index in [2.05, 4.69) is 15.5 Å². The van der Waals surface area contributed by atoms with Crippen LogP contribution in [0.3, 0.4) is 0 Å². The molecule has 6 nitrogen and oxygen atoms in total. The molecule has 0 radical (unpaired) electrons. The summed E-state index contributed by atoms with van der Waals surface area (Å²) in [6.45, 7) is 1.42. The van der Waals surface area contributed by atoms with Gasteiger partial charge in [0.05, 0.1) is 11.8 Å². The van der Waals surface area contributed by atoms with Crippen LogP contribution in [0.15, 0.2) is 30.3 Å². The van der Waals surface area contributed by atoms with Gasteiger partial charge < -0.3 is 14.8 Å². The van der Waals surface area contributed by atoms with Gasteiger partial charge in [0.2, 0.25) is 0 Å². The summed E-state index contributed by atoms with van der Waals surface area (Å²) < 4.78 is 23.9. The van der Waals surface area contributed by atoms with E-state index >= 15 is 0 Å². The van der Waals surface area contributed by atoms with Crippen molar-refractivity contribution < 1.29 is 18.7 Å². The Morgan fingerprint density at radius 3 is 3.17 bits per heavy atom. The zero-order chi connectivity index (χ0) is 16.1. The molecule has 1 saturated heterocycles. The molecule has 1 fully saturated rings. The first kappa shape index (κ1) is 15.5. The second-order valence-corrected chi connectivity index (χ2v) is 5.37. The van der Waals surface area contributed by atoms with Gasteiger partial charge in [-0.2, -0.15) is 5.10 Å². The summed E-state index contributed by atoms with van der Waals surface area (Å²) in [5.41, 5.74) is 0.928. The van der Waals surface area contributed by atoms with Crippen LogP contribution in [0.25, 0.3) is 0 Å². The number of nitrogens with zero attached hydrogens (tertiary/aromatic N) is 1. The number of hydrogen-bond donors (Lipinski definition) is 2. The molecule has 2 aromatic rings. The molecule has 1 aromatic heterocycles. The summed E-state index contributed by atoms with van der Waals surface area (Å²) in [6.07, 6.45) is 2.09. The van der Waals surface area contributed by atoms with Crippen molar-refractivity contribution in [2.45, 2.75) is 25.6 Å². The number of rotatable bonds is 6. The number of ether oxygens (including phenoxy) is 2. The number of nitrogens with one attached hydrogen (secondary N) is 2. The Kier molecular flexibility index (Phi) is 4.87. The lowest BCUT2D eigenvalue weighted by atomic mass is 10.2. The third kappa shape index (κ3) is 4.29. The van der Waals surface area contributed by atoms with Crippen molar-refractivity contribution in [3.05, 3.63) is 47.5 Å². The standard InChI is InChI=1S/C16H18FN3O3/c17-11-3-1-4-13(7-11)23-10-12-8-15(20-19-12)16(21)18-9-14-5-2-6-22-14/h1,3-4,7-8,14H,2,5-6,9-10H2,(H,18,21)(H,19,20). The van der Waals surface area contributed by atoms with Crippen molar-refractivity contribution in [1.29, 1.82) is 0 Å². The second kappa shape index (κ2) is 7.23. The first-order valence-corrected chi connectivity index (χ1v) is 7.53. The maximum Gasteiger partial charge on any atom is 0.271 e. The van der Waals surface area contributed by atoms with Crippen LogP contribution in [-0.2, 0) is 11.3 Å². The summed E-state index contributed by atoms with van der Waals surface area (Å²) in [5.74, 6) is -0.195. The van der Waals surface area contributed by atoms with Gasteiger partial charge in [-0.05, 0) is 31.0 Å². The maximum absolute atomic E-state index is 13.1. The minimum atomic E-state index is -0.360. The fourth-order valence-corrected chi connectivity index (χ4v) is 2.37. The topological polar surface area (TPSA) is 76.2 Å². The van der Waals surface area contributed by atoms with Gasteiger partial charge in [-0.3, -0.25) is 9.89 Å². The van der Waals surface area contributed by atoms with Gasteiger partial charge in [-0.25, -0.2) is 4.39 Å². The predicted octanol–water partition coefficient (Wildman–Crippen LogP) is 2.04. The van der Waals surface area contributed by atoms with Gasteiger partial charge >= 0.3 is 0 Å². The Morgan fingerprint density at radius 2 is 2.39 bits per heavy atom. The van der Waals surface area contributed by atoms with E-state index in [1.165, 1.54) is 12.1 Å². The van der Waals surface area contributed by atoms with Crippen LogP contribution in [0.1, 0.15) is 29.0 Å². The molecule has 122 valence electrons. The lowest BCUT2D eigenvalue weighted by molar-refractivity contribution is 0.0853. The van der Waals surface area contributed by atoms with E-state index in [1.807, 2.05) is 0 Å². The van der Waals surface area contributed by atoms with Crippen molar-refractivity contribution in [3.63, 3.8) is 0 Å². The first-order chi connectivity index (χ1) is 11.2. The molecular weight excluding hydrogens is 301 g/mol. The quantitative estimate of drug-likeness (QED) is 0.854. The SMILES string of the molecule is O=C(NCC1CCCO1)c1cc(COc2cccc(F)c2)[nH]n1. The predicted molar refractivity (Wildman–Crippen MR) is 80.6 cm³/mol. The normalized spacial score (nSPS) is 17.2. The van der Waals surface area contributed by atoms with Gasteiger partial charge in [0.15, 0.2) is 0 Å². The van der Waals surface area contributed by atoms with Crippen molar-refractivity contribution in [2.24, 2.45) is 0 Å². The number of H-pyrrole nitrogens is 1. The number of carbonyl (C=O) groups is 1. The Bertz CT molecular complexity index is 668. The fraction of sp³-hybridized carbons (Fsp3) is 0.375. The number of amides is 1. The fourth-order valence-electron chi connectivity index (χ4n) is 2.37. The number of carbonyl (C=O) groups excluding carboxylic acids is 1. The monoisotopic (exact) mass is 319 g/mol. The average Bonchev–Trinajstić information content (AvgIpc) is 3.22. The van der Waals surface area contributed by atoms with Crippen LogP contribution in [0.5, 0.6) is 5.75 Å². The van der Waals surface area contributed by atoms with Crippen LogP contribution >= 0.6 is 0 Å². The van der Waals surface area contributed by atoms with Crippen LogP contribution in [0, 0.1) is 5.82 Å². The minimum absolute atomic E-state index is 0.0914. The first-order valence-electron chi connectivity index (χ1n) is 7.53. The third-order valence-corrected chi connectivity index (χ3v) is 3.57. The van der Waals surface area contributed by atoms with Gasteiger partial charge in [0.1, 0.15) is 23.9 Å². The van der Waals surface area contributed by atoms with E-state index in [0.29, 0.717) is 23.7 Å². The van der Waals surface area contributed by atoms with Crippen molar-refractivity contribution >= 4 is 5.91 Å². The van der Waals surface area contributed by atoms with Crippen molar-refractivity contribution in [1.82, 2.24) is 15.5 Å².